The molecule has 0 N–H and O–H groups in total. The molecule has 3 aromatic rings. The second-order valence-corrected chi connectivity index (χ2v) is 6.22. The van der Waals surface area contributed by atoms with Crippen molar-refractivity contribution in [2.24, 2.45) is 0 Å². The maximum atomic E-state index is 13.8. The molecule has 0 bridgehead atoms. The molecule has 2 aromatic heterocycles. The summed E-state index contributed by atoms with van der Waals surface area (Å²) in [5.41, 5.74) is 1.01. The van der Waals surface area contributed by atoms with Crippen molar-refractivity contribution in [3.8, 4) is 0 Å². The van der Waals surface area contributed by atoms with Crippen molar-refractivity contribution in [1.29, 1.82) is 0 Å². The Morgan fingerprint density at radius 2 is 2.00 bits per heavy atom. The third kappa shape index (κ3) is 2.60. The molecule has 0 saturated heterocycles. The fourth-order valence-electron chi connectivity index (χ4n) is 2.35. The van der Waals surface area contributed by atoms with Gasteiger partial charge in [-0.2, -0.15) is 0 Å². The Hall–Kier alpha value is -2.27. The Morgan fingerprint density at radius 3 is 2.68 bits per heavy atom. The van der Waals surface area contributed by atoms with E-state index in [9.17, 15) is 9.18 Å². The van der Waals surface area contributed by atoms with E-state index in [4.69, 9.17) is 0 Å². The summed E-state index contributed by atoms with van der Waals surface area (Å²) in [5, 5.41) is 0.501. The quantitative estimate of drug-likeness (QED) is 0.723. The maximum Gasteiger partial charge on any atom is 0.264 e. The Bertz CT molecular complexity index is 816. The van der Waals surface area contributed by atoms with Crippen LogP contribution in [0, 0.1) is 5.82 Å². The fourth-order valence-corrected chi connectivity index (χ4v) is 3.40. The molecule has 0 saturated carbocycles. The molecule has 0 radical (unpaired) electrons. The largest absolute Gasteiger partial charge is 0.334 e. The maximum absolute atomic E-state index is 13.8. The molecule has 112 valence electrons. The average molecular weight is 314 g/mol. The number of nitrogens with zero attached hydrogens (tertiary/aromatic N) is 2. The van der Waals surface area contributed by atoms with Gasteiger partial charge in [0.2, 0.25) is 0 Å². The van der Waals surface area contributed by atoms with Crippen LogP contribution < -0.4 is 0 Å². The number of halogens is 1. The molecule has 1 aromatic carbocycles. The number of rotatable bonds is 3. The van der Waals surface area contributed by atoms with Gasteiger partial charge in [0.25, 0.3) is 5.91 Å². The molecular weight excluding hydrogens is 299 g/mol. The SMILES string of the molecule is CC(c1ccncc1)N(C)C(=O)c1cc2c(F)cccc2s1. The van der Waals surface area contributed by atoms with Crippen LogP contribution in [0.2, 0.25) is 0 Å². The number of benzene rings is 1. The lowest BCUT2D eigenvalue weighted by Crippen LogP contribution is -2.29. The van der Waals surface area contributed by atoms with Crippen molar-refractivity contribution in [2.75, 3.05) is 7.05 Å². The van der Waals surface area contributed by atoms with Gasteiger partial charge in [-0.05, 0) is 42.8 Å². The van der Waals surface area contributed by atoms with Crippen LogP contribution >= 0.6 is 11.3 Å². The van der Waals surface area contributed by atoms with Gasteiger partial charge in [0.1, 0.15) is 5.82 Å². The molecule has 0 aliphatic heterocycles. The first-order chi connectivity index (χ1) is 10.6. The zero-order valence-electron chi connectivity index (χ0n) is 12.3. The number of carbonyl (C=O) groups is 1. The highest BCUT2D eigenvalue weighted by molar-refractivity contribution is 7.20. The van der Waals surface area contributed by atoms with Gasteiger partial charge in [0.15, 0.2) is 0 Å². The Labute approximate surface area is 132 Å². The summed E-state index contributed by atoms with van der Waals surface area (Å²) < 4.78 is 14.5. The fraction of sp³-hybridized carbons (Fsp3) is 0.176. The molecule has 0 fully saturated rings. The molecule has 5 heteroatoms. The highest BCUT2D eigenvalue weighted by Crippen LogP contribution is 2.30. The highest BCUT2D eigenvalue weighted by atomic mass is 32.1. The summed E-state index contributed by atoms with van der Waals surface area (Å²) in [7, 11) is 1.76. The van der Waals surface area contributed by atoms with Crippen LogP contribution in [-0.4, -0.2) is 22.8 Å². The lowest BCUT2D eigenvalue weighted by molar-refractivity contribution is 0.0747. The predicted octanol–water partition coefficient (Wildman–Crippen LogP) is 4.27. The molecule has 3 rings (SSSR count). The van der Waals surface area contributed by atoms with E-state index in [1.807, 2.05) is 25.1 Å². The number of hydrogen-bond acceptors (Lipinski definition) is 3. The Morgan fingerprint density at radius 1 is 1.27 bits per heavy atom. The molecule has 0 aliphatic carbocycles. The molecule has 3 nitrogen and oxygen atoms in total. The van der Waals surface area contributed by atoms with E-state index in [0.29, 0.717) is 10.3 Å². The van der Waals surface area contributed by atoms with Gasteiger partial charge in [-0.15, -0.1) is 11.3 Å². The van der Waals surface area contributed by atoms with Crippen LogP contribution in [0.15, 0.2) is 48.8 Å². The molecule has 1 amide bonds. The van der Waals surface area contributed by atoms with Crippen LogP contribution in [0.1, 0.15) is 28.2 Å². The third-order valence-corrected chi connectivity index (χ3v) is 4.90. The molecule has 0 spiro atoms. The average Bonchev–Trinajstić information content (AvgIpc) is 2.99. The minimum absolute atomic E-state index is 0.0782. The summed E-state index contributed by atoms with van der Waals surface area (Å²) in [5.74, 6) is -0.400. The van der Waals surface area contributed by atoms with Crippen molar-refractivity contribution in [1.82, 2.24) is 9.88 Å². The molecule has 0 aliphatic rings. The van der Waals surface area contributed by atoms with Crippen LogP contribution in [0.5, 0.6) is 0 Å². The number of aromatic nitrogens is 1. The summed E-state index contributed by atoms with van der Waals surface area (Å²) >= 11 is 1.32. The molecular formula is C17H15FN2OS. The Balaban J connectivity index is 1.90. The van der Waals surface area contributed by atoms with Gasteiger partial charge in [-0.3, -0.25) is 9.78 Å². The first-order valence-corrected chi connectivity index (χ1v) is 7.74. The lowest BCUT2D eigenvalue weighted by Gasteiger charge is -2.24. The van der Waals surface area contributed by atoms with E-state index in [1.165, 1.54) is 17.4 Å². The predicted molar refractivity (Wildman–Crippen MR) is 86.5 cm³/mol. The number of thiophene rings is 1. The van der Waals surface area contributed by atoms with Crippen molar-refractivity contribution in [2.45, 2.75) is 13.0 Å². The Kier molecular flexibility index (Phi) is 3.90. The summed E-state index contributed by atoms with van der Waals surface area (Å²) in [4.78, 5) is 18.8. The number of carbonyl (C=O) groups excluding carboxylic acids is 1. The van der Waals surface area contributed by atoms with Crippen molar-refractivity contribution < 1.29 is 9.18 Å². The monoisotopic (exact) mass is 314 g/mol. The van der Waals surface area contributed by atoms with E-state index >= 15 is 0 Å². The topological polar surface area (TPSA) is 33.2 Å². The number of amides is 1. The third-order valence-electron chi connectivity index (χ3n) is 3.81. The number of hydrogen-bond donors (Lipinski definition) is 0. The number of fused-ring (bicyclic) bond motifs is 1. The van der Waals surface area contributed by atoms with Crippen LogP contribution in [0.4, 0.5) is 4.39 Å². The normalized spacial score (nSPS) is 12.3. The minimum atomic E-state index is -0.294. The van der Waals surface area contributed by atoms with E-state index in [-0.39, 0.29) is 17.8 Å². The first-order valence-electron chi connectivity index (χ1n) is 6.93. The van der Waals surface area contributed by atoms with Crippen molar-refractivity contribution >= 4 is 27.3 Å². The molecule has 1 unspecified atom stereocenters. The van der Waals surface area contributed by atoms with Crippen LogP contribution in [-0.2, 0) is 0 Å². The lowest BCUT2D eigenvalue weighted by atomic mass is 10.1. The first kappa shape index (κ1) is 14.7. The van der Waals surface area contributed by atoms with Crippen molar-refractivity contribution in [3.05, 3.63) is 65.0 Å². The summed E-state index contributed by atoms with van der Waals surface area (Å²) in [6, 6.07) is 10.2. The van der Waals surface area contributed by atoms with Gasteiger partial charge < -0.3 is 4.90 Å². The zero-order chi connectivity index (χ0) is 15.7. The van der Waals surface area contributed by atoms with Crippen molar-refractivity contribution in [3.63, 3.8) is 0 Å². The van der Waals surface area contributed by atoms with Gasteiger partial charge in [0, 0.05) is 29.5 Å². The van der Waals surface area contributed by atoms with Gasteiger partial charge >= 0.3 is 0 Å². The highest BCUT2D eigenvalue weighted by Gasteiger charge is 2.21. The second-order valence-electron chi connectivity index (χ2n) is 5.13. The van der Waals surface area contributed by atoms with Gasteiger partial charge in [-0.1, -0.05) is 6.07 Å². The summed E-state index contributed by atoms with van der Waals surface area (Å²) in [6.07, 6.45) is 3.41. The smallest absolute Gasteiger partial charge is 0.264 e. The van der Waals surface area contributed by atoms with Gasteiger partial charge in [0.05, 0.1) is 10.9 Å². The van der Waals surface area contributed by atoms with E-state index in [1.54, 1.807) is 36.5 Å². The summed E-state index contributed by atoms with van der Waals surface area (Å²) in [6.45, 7) is 1.96. The van der Waals surface area contributed by atoms with Gasteiger partial charge in [-0.25, -0.2) is 4.39 Å². The zero-order valence-corrected chi connectivity index (χ0v) is 13.1. The van der Waals surface area contributed by atoms with E-state index < -0.39 is 0 Å². The second kappa shape index (κ2) is 5.85. The van der Waals surface area contributed by atoms with E-state index in [2.05, 4.69) is 4.98 Å². The number of pyridine rings is 1. The standard InChI is InChI=1S/C17H15FN2OS/c1-11(12-6-8-19-9-7-12)20(2)17(21)16-10-13-14(18)4-3-5-15(13)22-16/h3-11H,1-2H3. The molecule has 2 heterocycles. The molecule has 1 atom stereocenters. The van der Waals surface area contributed by atoms with Crippen LogP contribution in [0.25, 0.3) is 10.1 Å². The molecule has 22 heavy (non-hydrogen) atoms. The minimum Gasteiger partial charge on any atom is -0.334 e. The van der Waals surface area contributed by atoms with Crippen LogP contribution in [0.3, 0.4) is 0 Å². The van der Waals surface area contributed by atoms with E-state index in [0.717, 1.165) is 10.3 Å².